The fourth-order valence-electron chi connectivity index (χ4n) is 8.32. The lowest BCUT2D eigenvalue weighted by atomic mass is 9.43. The quantitative estimate of drug-likeness (QED) is 0.661. The van der Waals surface area contributed by atoms with Crippen LogP contribution in [-0.2, 0) is 23.9 Å². The minimum absolute atomic E-state index is 0.0296. The number of fused-ring (bicyclic) bond motifs is 6. The molecule has 1 unspecified atom stereocenters. The summed E-state index contributed by atoms with van der Waals surface area (Å²) < 4.78 is 11.2. The number of carbonyl (C=O) groups excluding carboxylic acids is 3. The summed E-state index contributed by atoms with van der Waals surface area (Å²) in [5, 5.41) is 11.4. The Morgan fingerprint density at radius 3 is 2.50 bits per heavy atom. The maximum Gasteiger partial charge on any atom is 0.311 e. The smallest absolute Gasteiger partial charge is 0.311 e. The molecule has 1 heterocycles. The molecule has 1 aliphatic heterocycles. The molecule has 3 saturated carbocycles. The predicted molar refractivity (Wildman–Crippen MR) is 107 cm³/mol. The molecule has 6 nitrogen and oxygen atoms in total. The molecule has 0 aromatic heterocycles. The first-order chi connectivity index (χ1) is 14.2. The summed E-state index contributed by atoms with van der Waals surface area (Å²) in [4.78, 5) is 37.2. The van der Waals surface area contributed by atoms with Crippen molar-refractivity contribution in [1.82, 2.24) is 0 Å². The standard InChI is InChI=1S/C24H32O6/c1-22-8-4-13(25)12-16(22)20(27)19(21(28)29-3)18-14(22)5-9-23(2)15(18)6-10-24(23)11-7-17(26)30-24/h12,14-15,18-20,27H,4-11H2,1-3H3/t14-,15-,18+,19?,20-,22+,23-,24+/m0/s1. The van der Waals surface area contributed by atoms with Crippen molar-refractivity contribution in [3.8, 4) is 0 Å². The maximum atomic E-state index is 13.0. The normalized spacial score (nSPS) is 49.7. The summed E-state index contributed by atoms with van der Waals surface area (Å²) in [6.07, 6.45) is 6.57. The van der Waals surface area contributed by atoms with E-state index in [0.717, 1.165) is 37.7 Å². The van der Waals surface area contributed by atoms with Gasteiger partial charge < -0.3 is 14.6 Å². The van der Waals surface area contributed by atoms with Crippen LogP contribution in [-0.4, -0.2) is 41.6 Å². The van der Waals surface area contributed by atoms with Gasteiger partial charge in [-0.1, -0.05) is 13.8 Å². The highest BCUT2D eigenvalue weighted by atomic mass is 16.6. The van der Waals surface area contributed by atoms with Gasteiger partial charge in [0.05, 0.1) is 19.1 Å². The average molecular weight is 417 g/mol. The van der Waals surface area contributed by atoms with E-state index >= 15 is 0 Å². The lowest BCUT2D eigenvalue weighted by Crippen LogP contribution is -2.61. The minimum Gasteiger partial charge on any atom is -0.469 e. The van der Waals surface area contributed by atoms with Crippen LogP contribution < -0.4 is 0 Å². The highest BCUT2D eigenvalue weighted by Crippen LogP contribution is 2.70. The maximum absolute atomic E-state index is 13.0. The van der Waals surface area contributed by atoms with E-state index in [1.54, 1.807) is 6.08 Å². The molecule has 1 spiro atoms. The average Bonchev–Trinajstić information content (AvgIpc) is 3.23. The van der Waals surface area contributed by atoms with Gasteiger partial charge in [-0.2, -0.15) is 0 Å². The fraction of sp³-hybridized carbons (Fsp3) is 0.792. The molecule has 6 heteroatoms. The lowest BCUT2D eigenvalue weighted by molar-refractivity contribution is -0.185. The molecule has 1 N–H and O–H groups in total. The Kier molecular flexibility index (Phi) is 4.32. The first-order valence-electron chi connectivity index (χ1n) is 11.4. The molecule has 4 fully saturated rings. The SMILES string of the molecule is COC(=O)C1[C@@H]2[C@H](CC[C@@]3(C)[C@H]2CC[C@@]32CCC(=O)O2)[C@@]2(C)CCC(=O)C=C2[C@@H]1O. The monoisotopic (exact) mass is 416 g/mol. The minimum atomic E-state index is -1.00. The number of esters is 2. The highest BCUT2D eigenvalue weighted by molar-refractivity contribution is 5.92. The van der Waals surface area contributed by atoms with Crippen LogP contribution in [0.1, 0.15) is 65.2 Å². The Hall–Kier alpha value is -1.69. The van der Waals surface area contributed by atoms with Crippen LogP contribution in [0.3, 0.4) is 0 Å². The Balaban J connectivity index is 1.61. The van der Waals surface area contributed by atoms with Gasteiger partial charge in [0.15, 0.2) is 5.78 Å². The zero-order chi connectivity index (χ0) is 21.5. The Morgan fingerprint density at radius 1 is 1.10 bits per heavy atom. The molecular formula is C24H32O6. The van der Waals surface area contributed by atoms with Crippen LogP contribution in [0.5, 0.6) is 0 Å². The predicted octanol–water partition coefficient (Wildman–Crippen LogP) is 2.96. The lowest BCUT2D eigenvalue weighted by Gasteiger charge is -2.61. The molecule has 0 radical (unpaired) electrons. The van der Waals surface area contributed by atoms with Crippen molar-refractivity contribution in [2.45, 2.75) is 76.9 Å². The summed E-state index contributed by atoms with van der Waals surface area (Å²) in [5.74, 6) is -0.821. The number of methoxy groups -OCH3 is 1. The summed E-state index contributed by atoms with van der Waals surface area (Å²) in [6, 6.07) is 0. The van der Waals surface area contributed by atoms with Crippen molar-refractivity contribution in [2.75, 3.05) is 7.11 Å². The molecule has 5 rings (SSSR count). The van der Waals surface area contributed by atoms with Gasteiger partial charge in [0.25, 0.3) is 0 Å². The van der Waals surface area contributed by atoms with Gasteiger partial charge in [0.1, 0.15) is 5.60 Å². The second-order valence-electron chi connectivity index (χ2n) is 10.7. The van der Waals surface area contributed by atoms with Crippen molar-refractivity contribution in [1.29, 1.82) is 0 Å². The van der Waals surface area contributed by atoms with E-state index in [-0.39, 0.29) is 40.3 Å². The molecule has 30 heavy (non-hydrogen) atoms. The van der Waals surface area contributed by atoms with Crippen LogP contribution in [0.25, 0.3) is 0 Å². The van der Waals surface area contributed by atoms with Crippen molar-refractivity contribution < 1.29 is 29.0 Å². The molecular weight excluding hydrogens is 384 g/mol. The third kappa shape index (κ3) is 2.37. The van der Waals surface area contributed by atoms with Crippen molar-refractivity contribution >= 4 is 17.7 Å². The first kappa shape index (κ1) is 20.2. The zero-order valence-corrected chi connectivity index (χ0v) is 18.1. The van der Waals surface area contributed by atoms with E-state index in [9.17, 15) is 19.5 Å². The summed E-state index contributed by atoms with van der Waals surface area (Å²) in [6.45, 7) is 4.40. The molecule has 5 aliphatic rings. The van der Waals surface area contributed by atoms with Crippen molar-refractivity contribution in [3.05, 3.63) is 11.6 Å². The molecule has 0 aromatic rings. The number of ether oxygens (including phenoxy) is 2. The third-order valence-electron chi connectivity index (χ3n) is 9.90. The van der Waals surface area contributed by atoms with Crippen LogP contribution in [0.15, 0.2) is 11.6 Å². The Morgan fingerprint density at radius 2 is 1.83 bits per heavy atom. The summed E-state index contributed by atoms with van der Waals surface area (Å²) >= 11 is 0. The van der Waals surface area contributed by atoms with Crippen LogP contribution >= 0.6 is 0 Å². The highest BCUT2D eigenvalue weighted by Gasteiger charge is 2.70. The second-order valence-corrected chi connectivity index (χ2v) is 10.7. The number of hydrogen-bond acceptors (Lipinski definition) is 6. The fourth-order valence-corrected chi connectivity index (χ4v) is 8.32. The van der Waals surface area contributed by atoms with Gasteiger partial charge in [-0.25, -0.2) is 0 Å². The van der Waals surface area contributed by atoms with E-state index < -0.39 is 23.6 Å². The summed E-state index contributed by atoms with van der Waals surface area (Å²) in [5.41, 5.74) is -0.204. The van der Waals surface area contributed by atoms with Crippen LogP contribution in [0.4, 0.5) is 0 Å². The number of aliphatic hydroxyl groups is 1. The zero-order valence-electron chi connectivity index (χ0n) is 18.1. The second kappa shape index (κ2) is 6.41. The van der Waals surface area contributed by atoms with Gasteiger partial charge >= 0.3 is 11.9 Å². The number of ketones is 1. The largest absolute Gasteiger partial charge is 0.469 e. The number of rotatable bonds is 1. The molecule has 0 amide bonds. The van der Waals surface area contributed by atoms with Gasteiger partial charge in [-0.05, 0) is 73.3 Å². The first-order valence-corrected chi connectivity index (χ1v) is 11.4. The van der Waals surface area contributed by atoms with E-state index in [1.807, 2.05) is 0 Å². The Bertz CT molecular complexity index is 847. The topological polar surface area (TPSA) is 89.9 Å². The molecule has 4 aliphatic carbocycles. The van der Waals surface area contributed by atoms with Gasteiger partial charge in [-0.3, -0.25) is 14.4 Å². The third-order valence-corrected chi connectivity index (χ3v) is 9.90. The van der Waals surface area contributed by atoms with Crippen molar-refractivity contribution in [2.24, 2.45) is 34.5 Å². The molecule has 8 atom stereocenters. The van der Waals surface area contributed by atoms with E-state index in [2.05, 4.69) is 13.8 Å². The number of hydrogen-bond donors (Lipinski definition) is 1. The van der Waals surface area contributed by atoms with Gasteiger partial charge in [-0.15, -0.1) is 0 Å². The van der Waals surface area contributed by atoms with Crippen LogP contribution in [0, 0.1) is 34.5 Å². The van der Waals surface area contributed by atoms with E-state index in [4.69, 9.17) is 9.47 Å². The van der Waals surface area contributed by atoms with Gasteiger partial charge in [0.2, 0.25) is 0 Å². The molecule has 0 bridgehead atoms. The van der Waals surface area contributed by atoms with E-state index in [0.29, 0.717) is 19.3 Å². The van der Waals surface area contributed by atoms with E-state index in [1.165, 1.54) is 7.11 Å². The Labute approximate surface area is 177 Å². The number of aliphatic hydroxyl groups excluding tert-OH is 1. The molecule has 0 aromatic carbocycles. The molecule has 164 valence electrons. The van der Waals surface area contributed by atoms with Crippen LogP contribution in [0.2, 0.25) is 0 Å². The number of carbonyl (C=O) groups is 3. The molecule has 1 saturated heterocycles. The summed E-state index contributed by atoms with van der Waals surface area (Å²) in [7, 11) is 1.37. The van der Waals surface area contributed by atoms with Gasteiger partial charge in [0, 0.05) is 18.3 Å². The van der Waals surface area contributed by atoms with Crippen molar-refractivity contribution in [3.63, 3.8) is 0 Å².